The van der Waals surface area contributed by atoms with E-state index < -0.39 is 11.6 Å². The molecule has 1 N–H and O–H groups in total. The summed E-state index contributed by atoms with van der Waals surface area (Å²) in [6.45, 7) is 0. The van der Waals surface area contributed by atoms with E-state index in [0.29, 0.717) is 5.69 Å². The van der Waals surface area contributed by atoms with Crippen molar-refractivity contribution in [2.45, 2.75) is 11.6 Å². The maximum absolute atomic E-state index is 11.0. The van der Waals surface area contributed by atoms with Crippen LogP contribution in [0.25, 0.3) is 0 Å². The molecule has 0 radical (unpaired) electrons. The lowest BCUT2D eigenvalue weighted by Crippen LogP contribution is -2.37. The van der Waals surface area contributed by atoms with Gasteiger partial charge in [0.05, 0.1) is 12.0 Å². The van der Waals surface area contributed by atoms with Gasteiger partial charge in [-0.2, -0.15) is 0 Å². The number of aromatic nitrogens is 3. The van der Waals surface area contributed by atoms with E-state index in [1.165, 1.54) is 0 Å². The minimum Gasteiger partial charge on any atom is -0.382 e. The summed E-state index contributed by atoms with van der Waals surface area (Å²) in [5.41, 5.74) is 4.03. The average Bonchev–Trinajstić information content (AvgIpc) is 3.37. The number of aliphatic hydroxyl groups is 1. The number of imidazole rings is 1. The van der Waals surface area contributed by atoms with E-state index in [9.17, 15) is 5.11 Å². The van der Waals surface area contributed by atoms with Gasteiger partial charge < -0.3 is 9.67 Å². The Bertz CT molecular complexity index is 1170. The lowest BCUT2D eigenvalue weighted by Gasteiger charge is -2.37. The Labute approximate surface area is 187 Å². The highest BCUT2D eigenvalue weighted by Crippen LogP contribution is 2.41. The number of benzene rings is 3. The fraction of sp³-hybridized carbons (Fsp3) is 0.0714. The van der Waals surface area contributed by atoms with Crippen molar-refractivity contribution in [2.75, 3.05) is 0 Å². The number of pyridine rings is 1. The summed E-state index contributed by atoms with van der Waals surface area (Å²) in [6, 6.07) is 34.8. The van der Waals surface area contributed by atoms with Crippen molar-refractivity contribution in [3.05, 3.63) is 156 Å². The second-order valence-electron chi connectivity index (χ2n) is 7.70. The molecule has 2 heterocycles. The standard InChI is InChI=1S/C28H23N3O/c32-27(22-16-18-29-19-17-22)26-20-31(21-30-26)28(23-10-4-1-5-11-23,24-12-6-2-7-13-24)25-14-8-3-9-15-25/h1-21,27,32H/t27-/m0/s1. The molecule has 0 spiro atoms. The molecule has 32 heavy (non-hydrogen) atoms. The van der Waals surface area contributed by atoms with Gasteiger partial charge in [0, 0.05) is 18.6 Å². The van der Waals surface area contributed by atoms with Crippen molar-refractivity contribution in [1.82, 2.24) is 14.5 Å². The molecule has 0 aliphatic carbocycles. The van der Waals surface area contributed by atoms with Crippen LogP contribution in [-0.2, 0) is 5.54 Å². The van der Waals surface area contributed by atoms with Crippen LogP contribution in [0.4, 0.5) is 0 Å². The average molecular weight is 418 g/mol. The number of nitrogens with zero attached hydrogens (tertiary/aromatic N) is 3. The summed E-state index contributed by atoms with van der Waals surface area (Å²) in [5, 5.41) is 11.0. The first-order valence-corrected chi connectivity index (χ1v) is 10.6. The van der Waals surface area contributed by atoms with Crippen molar-refractivity contribution < 1.29 is 5.11 Å². The molecule has 0 aliphatic rings. The van der Waals surface area contributed by atoms with Crippen LogP contribution in [0, 0.1) is 0 Å². The Morgan fingerprint density at radius 3 is 1.59 bits per heavy atom. The molecule has 3 aromatic carbocycles. The predicted octanol–water partition coefficient (Wildman–Crippen LogP) is 5.20. The number of rotatable bonds is 6. The molecular formula is C28H23N3O. The third-order valence-corrected chi connectivity index (χ3v) is 5.87. The third-order valence-electron chi connectivity index (χ3n) is 5.87. The topological polar surface area (TPSA) is 50.9 Å². The summed E-state index contributed by atoms with van der Waals surface area (Å²) < 4.78 is 2.10. The molecule has 0 bridgehead atoms. The van der Waals surface area contributed by atoms with Gasteiger partial charge in [-0.15, -0.1) is 0 Å². The zero-order valence-electron chi connectivity index (χ0n) is 17.5. The second kappa shape index (κ2) is 8.61. The Kier molecular flexibility index (Phi) is 5.36. The smallest absolute Gasteiger partial charge is 0.123 e. The van der Waals surface area contributed by atoms with Crippen LogP contribution in [0.5, 0.6) is 0 Å². The number of aliphatic hydroxyl groups excluding tert-OH is 1. The van der Waals surface area contributed by atoms with Gasteiger partial charge in [-0.25, -0.2) is 4.98 Å². The summed E-state index contributed by atoms with van der Waals surface area (Å²) in [6.07, 6.45) is 6.28. The highest BCUT2D eigenvalue weighted by atomic mass is 16.3. The van der Waals surface area contributed by atoms with E-state index >= 15 is 0 Å². The molecule has 0 amide bonds. The van der Waals surface area contributed by atoms with Crippen LogP contribution >= 0.6 is 0 Å². The van der Waals surface area contributed by atoms with Crippen LogP contribution < -0.4 is 0 Å². The first-order chi connectivity index (χ1) is 15.8. The van der Waals surface area contributed by atoms with E-state index in [1.807, 2.05) is 42.9 Å². The summed E-state index contributed by atoms with van der Waals surface area (Å²) in [4.78, 5) is 8.68. The van der Waals surface area contributed by atoms with Gasteiger partial charge in [-0.05, 0) is 34.4 Å². The molecule has 0 fully saturated rings. The van der Waals surface area contributed by atoms with Crippen molar-refractivity contribution in [1.29, 1.82) is 0 Å². The maximum Gasteiger partial charge on any atom is 0.123 e. The predicted molar refractivity (Wildman–Crippen MR) is 125 cm³/mol. The Morgan fingerprint density at radius 2 is 1.12 bits per heavy atom. The van der Waals surface area contributed by atoms with Gasteiger partial charge in [-0.1, -0.05) is 91.0 Å². The molecule has 0 aliphatic heterocycles. The number of hydrogen-bond acceptors (Lipinski definition) is 3. The summed E-state index contributed by atoms with van der Waals surface area (Å²) >= 11 is 0. The molecule has 156 valence electrons. The first kappa shape index (κ1) is 19.9. The van der Waals surface area contributed by atoms with Crippen molar-refractivity contribution >= 4 is 0 Å². The molecule has 5 aromatic rings. The molecule has 0 saturated heterocycles. The molecule has 1 atom stereocenters. The van der Waals surface area contributed by atoms with Crippen LogP contribution in [0.3, 0.4) is 0 Å². The molecule has 5 rings (SSSR count). The molecular weight excluding hydrogens is 394 g/mol. The van der Waals surface area contributed by atoms with E-state index in [2.05, 4.69) is 87.3 Å². The first-order valence-electron chi connectivity index (χ1n) is 10.6. The second-order valence-corrected chi connectivity index (χ2v) is 7.70. The normalized spacial score (nSPS) is 12.4. The fourth-order valence-electron chi connectivity index (χ4n) is 4.36. The van der Waals surface area contributed by atoms with Gasteiger partial charge in [-0.3, -0.25) is 4.98 Å². The SMILES string of the molecule is O[C@@H](c1ccncc1)c1cn(C(c2ccccc2)(c2ccccc2)c2ccccc2)cn1. The Hall–Kier alpha value is -4.02. The van der Waals surface area contributed by atoms with E-state index in [-0.39, 0.29) is 0 Å². The largest absolute Gasteiger partial charge is 0.382 e. The quantitative estimate of drug-likeness (QED) is 0.386. The minimum absolute atomic E-state index is 0.586. The zero-order valence-corrected chi connectivity index (χ0v) is 17.5. The van der Waals surface area contributed by atoms with Gasteiger partial charge in [0.1, 0.15) is 11.6 Å². The van der Waals surface area contributed by atoms with Crippen LogP contribution in [0.2, 0.25) is 0 Å². The Balaban J connectivity index is 1.75. The maximum atomic E-state index is 11.0. The van der Waals surface area contributed by atoms with E-state index in [0.717, 1.165) is 22.3 Å². The van der Waals surface area contributed by atoms with Crippen LogP contribution in [0.15, 0.2) is 128 Å². The van der Waals surface area contributed by atoms with Crippen molar-refractivity contribution in [3.63, 3.8) is 0 Å². The third kappa shape index (κ3) is 3.41. The van der Waals surface area contributed by atoms with Crippen molar-refractivity contribution in [3.8, 4) is 0 Å². The molecule has 0 saturated carbocycles. The monoisotopic (exact) mass is 417 g/mol. The minimum atomic E-state index is -0.834. The van der Waals surface area contributed by atoms with Crippen molar-refractivity contribution in [2.24, 2.45) is 0 Å². The summed E-state index contributed by atoms with van der Waals surface area (Å²) in [5.74, 6) is 0. The highest BCUT2D eigenvalue weighted by molar-refractivity contribution is 5.50. The lowest BCUT2D eigenvalue weighted by molar-refractivity contribution is 0.215. The van der Waals surface area contributed by atoms with E-state index in [1.54, 1.807) is 12.4 Å². The highest BCUT2D eigenvalue weighted by Gasteiger charge is 2.38. The van der Waals surface area contributed by atoms with Gasteiger partial charge in [0.25, 0.3) is 0 Å². The summed E-state index contributed by atoms with van der Waals surface area (Å²) in [7, 11) is 0. The molecule has 2 aromatic heterocycles. The molecule has 0 unspecified atom stereocenters. The van der Waals surface area contributed by atoms with Gasteiger partial charge >= 0.3 is 0 Å². The fourth-order valence-corrected chi connectivity index (χ4v) is 4.36. The molecule has 4 nitrogen and oxygen atoms in total. The van der Waals surface area contributed by atoms with Gasteiger partial charge in [0.15, 0.2) is 0 Å². The Morgan fingerprint density at radius 1 is 0.656 bits per heavy atom. The lowest BCUT2D eigenvalue weighted by atomic mass is 9.77. The molecule has 4 heteroatoms. The van der Waals surface area contributed by atoms with E-state index in [4.69, 9.17) is 0 Å². The zero-order chi connectivity index (χ0) is 21.8. The van der Waals surface area contributed by atoms with Crippen LogP contribution in [0.1, 0.15) is 34.1 Å². The number of hydrogen-bond donors (Lipinski definition) is 1. The van der Waals surface area contributed by atoms with Crippen LogP contribution in [-0.4, -0.2) is 19.6 Å². The van der Waals surface area contributed by atoms with Gasteiger partial charge in [0.2, 0.25) is 0 Å².